The first-order valence-electron chi connectivity index (χ1n) is 8.03. The number of carbonyl (C=O) groups excluding carboxylic acids is 2. The van der Waals surface area contributed by atoms with Crippen molar-refractivity contribution in [3.05, 3.63) is 34.3 Å². The van der Waals surface area contributed by atoms with Gasteiger partial charge in [-0.1, -0.05) is 17.7 Å². The predicted molar refractivity (Wildman–Crippen MR) is 99.3 cm³/mol. The molecule has 28 heavy (non-hydrogen) atoms. The molecule has 0 bridgehead atoms. The molecule has 150 valence electrons. The molecule has 1 heterocycles. The molecule has 0 saturated heterocycles. The number of anilines is 1. The number of nitrogens with zero attached hydrogens (tertiary/aromatic N) is 3. The van der Waals surface area contributed by atoms with E-state index in [9.17, 15) is 18.4 Å². The van der Waals surface area contributed by atoms with Crippen molar-refractivity contribution in [2.24, 2.45) is 4.99 Å². The second-order valence-corrected chi connectivity index (χ2v) is 6.62. The van der Waals surface area contributed by atoms with Gasteiger partial charge in [-0.15, -0.1) is 4.73 Å². The number of hydrogen-bond acceptors (Lipinski definition) is 8. The summed E-state index contributed by atoms with van der Waals surface area (Å²) in [6.07, 6.45) is 0. The normalized spacial score (nSPS) is 12.6. The van der Waals surface area contributed by atoms with Crippen molar-refractivity contribution in [2.45, 2.75) is 34.6 Å². The fourth-order valence-electron chi connectivity index (χ4n) is 2.85. The van der Waals surface area contributed by atoms with Crippen molar-refractivity contribution < 1.29 is 27.4 Å². The Morgan fingerprint density at radius 1 is 1.21 bits per heavy atom. The average Bonchev–Trinajstić information content (AvgIpc) is 2.52. The summed E-state index contributed by atoms with van der Waals surface area (Å²) in [5, 5.41) is 0. The van der Waals surface area contributed by atoms with Crippen molar-refractivity contribution in [2.75, 3.05) is 5.73 Å². The molecule has 0 aliphatic rings. The van der Waals surface area contributed by atoms with Crippen LogP contribution >= 0.6 is 0 Å². The second-order valence-electron chi connectivity index (χ2n) is 6.04. The zero-order chi connectivity index (χ0) is 21.2. The maximum atomic E-state index is 11.6. The molecule has 2 N–H and O–H groups in total. The van der Waals surface area contributed by atoms with Crippen LogP contribution < -0.4 is 20.2 Å². The Balaban J connectivity index is 3.03. The minimum absolute atomic E-state index is 0.0418. The topological polar surface area (TPSA) is 149 Å². The van der Waals surface area contributed by atoms with Gasteiger partial charge in [0.2, 0.25) is 23.1 Å². The number of nitrogen functional groups attached to an aromatic ring is 1. The Bertz CT molecular complexity index is 1040. The average molecular weight is 407 g/mol. The number of hydrogen-bond donors (Lipinski definition) is 1. The van der Waals surface area contributed by atoms with E-state index in [-0.39, 0.29) is 11.6 Å². The molecule has 0 radical (unpaired) electrons. The molecule has 1 amide bonds. The summed E-state index contributed by atoms with van der Waals surface area (Å²) in [7, 11) is 0. The fourth-order valence-corrected chi connectivity index (χ4v) is 3.14. The third-order valence-corrected chi connectivity index (χ3v) is 3.90. The Kier molecular flexibility index (Phi) is 6.31. The van der Waals surface area contributed by atoms with Crippen LogP contribution in [0.2, 0.25) is 0 Å². The molecule has 1 atom stereocenters. The summed E-state index contributed by atoms with van der Waals surface area (Å²) in [6.45, 7) is 7.75. The van der Waals surface area contributed by atoms with Crippen molar-refractivity contribution >= 4 is 29.2 Å². The molecule has 2 rings (SSSR count). The molecular weight excluding hydrogens is 388 g/mol. The van der Waals surface area contributed by atoms with Crippen LogP contribution in [0.5, 0.6) is 5.75 Å². The molecule has 1 aromatic heterocycles. The van der Waals surface area contributed by atoms with E-state index in [1.165, 1.54) is 0 Å². The van der Waals surface area contributed by atoms with Crippen LogP contribution in [-0.4, -0.2) is 30.4 Å². The maximum Gasteiger partial charge on any atom is 0.330 e. The monoisotopic (exact) mass is 407 g/mol. The molecule has 1 aromatic carbocycles. The zero-order valence-corrected chi connectivity index (χ0v) is 16.7. The minimum atomic E-state index is -3.03. The van der Waals surface area contributed by atoms with E-state index in [1.54, 1.807) is 13.8 Å². The summed E-state index contributed by atoms with van der Waals surface area (Å²) in [5.41, 5.74) is 8.61. The first-order valence-corrected chi connectivity index (χ1v) is 9.03. The van der Waals surface area contributed by atoms with Crippen molar-refractivity contribution in [1.82, 2.24) is 9.71 Å². The summed E-state index contributed by atoms with van der Waals surface area (Å²) in [6, 6.07) is 3.74. The molecule has 2 aromatic rings. The first-order chi connectivity index (χ1) is 13.0. The SMILES string of the molecule is CC(=O)N=c1c(OS(=O)[O-])c(-c2c(C)cc(C)cc2C)nc(N)n1OC(C)=O. The van der Waals surface area contributed by atoms with Gasteiger partial charge in [0.15, 0.2) is 0 Å². The van der Waals surface area contributed by atoms with Gasteiger partial charge < -0.3 is 19.3 Å². The van der Waals surface area contributed by atoms with Crippen LogP contribution in [0.25, 0.3) is 11.3 Å². The summed E-state index contributed by atoms with van der Waals surface area (Å²) < 4.78 is 28.2. The first kappa shape index (κ1) is 21.3. The largest absolute Gasteiger partial charge is 0.740 e. The number of amides is 1. The lowest BCUT2D eigenvalue weighted by atomic mass is 9.97. The van der Waals surface area contributed by atoms with Crippen LogP contribution in [0.3, 0.4) is 0 Å². The number of rotatable bonds is 4. The molecule has 0 saturated carbocycles. The van der Waals surface area contributed by atoms with E-state index in [0.29, 0.717) is 10.3 Å². The molecule has 10 nitrogen and oxygen atoms in total. The number of aryl methyl sites for hydroxylation is 3. The van der Waals surface area contributed by atoms with Gasteiger partial charge in [-0.3, -0.25) is 4.79 Å². The Labute approximate surface area is 163 Å². The number of benzene rings is 1. The predicted octanol–water partition coefficient (Wildman–Crippen LogP) is 0.653. The van der Waals surface area contributed by atoms with Gasteiger partial charge in [-0.2, -0.15) is 4.99 Å². The summed E-state index contributed by atoms with van der Waals surface area (Å²) in [5.74, 6) is -2.21. The Morgan fingerprint density at radius 2 is 1.79 bits per heavy atom. The standard InChI is InChI=1S/C17H20N4O6S/c1-8-6-9(2)13(10(3)7-8)14-15(27-28(24)25)16(19-11(4)22)21(17(18)20-14)26-12(5)23/h6-7H,1-5H3,(H2,18,20)(H,24,25)/p-1. The zero-order valence-electron chi connectivity index (χ0n) is 15.9. The lowest BCUT2D eigenvalue weighted by Crippen LogP contribution is -2.35. The van der Waals surface area contributed by atoms with Crippen LogP contribution in [0.4, 0.5) is 5.95 Å². The third-order valence-electron chi connectivity index (χ3n) is 3.59. The van der Waals surface area contributed by atoms with Crippen LogP contribution in [-0.2, 0) is 21.0 Å². The van der Waals surface area contributed by atoms with Gasteiger partial charge in [-0.05, 0) is 31.9 Å². The molecule has 0 aliphatic heterocycles. The van der Waals surface area contributed by atoms with Crippen LogP contribution in [0, 0.1) is 20.8 Å². The molecule has 0 aliphatic carbocycles. The van der Waals surface area contributed by atoms with Gasteiger partial charge in [0, 0.05) is 19.4 Å². The smallest absolute Gasteiger partial charge is 0.330 e. The molecular formula is C17H19N4O6S-. The highest BCUT2D eigenvalue weighted by Gasteiger charge is 2.22. The Hall–Kier alpha value is -3.05. The van der Waals surface area contributed by atoms with E-state index in [0.717, 1.165) is 30.5 Å². The Morgan fingerprint density at radius 3 is 2.25 bits per heavy atom. The van der Waals surface area contributed by atoms with Gasteiger partial charge in [0.1, 0.15) is 17.1 Å². The highest BCUT2D eigenvalue weighted by atomic mass is 32.2. The van der Waals surface area contributed by atoms with Crippen molar-refractivity contribution in [3.63, 3.8) is 0 Å². The molecule has 1 unspecified atom stereocenters. The van der Waals surface area contributed by atoms with E-state index >= 15 is 0 Å². The quantitative estimate of drug-likeness (QED) is 0.726. The van der Waals surface area contributed by atoms with Crippen molar-refractivity contribution in [3.8, 4) is 17.0 Å². The summed E-state index contributed by atoms with van der Waals surface area (Å²) in [4.78, 5) is 35.9. The maximum absolute atomic E-state index is 11.6. The second kappa shape index (κ2) is 8.31. The van der Waals surface area contributed by atoms with E-state index in [4.69, 9.17) is 14.8 Å². The number of nitrogens with two attached hydrogens (primary N) is 1. The third kappa shape index (κ3) is 4.61. The lowest BCUT2D eigenvalue weighted by Gasteiger charge is -2.19. The van der Waals surface area contributed by atoms with Gasteiger partial charge >= 0.3 is 5.97 Å². The molecule has 0 fully saturated rings. The van der Waals surface area contributed by atoms with Gasteiger partial charge in [0.25, 0.3) is 0 Å². The van der Waals surface area contributed by atoms with Crippen LogP contribution in [0.1, 0.15) is 30.5 Å². The van der Waals surface area contributed by atoms with E-state index in [2.05, 4.69) is 9.98 Å². The minimum Gasteiger partial charge on any atom is -0.740 e. The van der Waals surface area contributed by atoms with Gasteiger partial charge in [-0.25, -0.2) is 14.0 Å². The summed E-state index contributed by atoms with van der Waals surface area (Å²) >= 11 is -3.03. The van der Waals surface area contributed by atoms with E-state index in [1.807, 2.05) is 19.1 Å². The van der Waals surface area contributed by atoms with Crippen LogP contribution in [0.15, 0.2) is 17.1 Å². The lowest BCUT2D eigenvalue weighted by molar-refractivity contribution is -0.142. The molecule has 0 spiro atoms. The van der Waals surface area contributed by atoms with E-state index < -0.39 is 34.5 Å². The highest BCUT2D eigenvalue weighted by Crippen LogP contribution is 2.32. The number of aromatic nitrogens is 2. The number of carbonyl (C=O) groups is 2. The van der Waals surface area contributed by atoms with Gasteiger partial charge in [0.05, 0.1) is 0 Å². The highest BCUT2D eigenvalue weighted by molar-refractivity contribution is 7.74. The molecule has 11 heteroatoms. The fraction of sp³-hybridized carbons (Fsp3) is 0.294. The van der Waals surface area contributed by atoms with Crippen molar-refractivity contribution in [1.29, 1.82) is 0 Å².